The highest BCUT2D eigenvalue weighted by Crippen LogP contribution is 2.20. The summed E-state index contributed by atoms with van der Waals surface area (Å²) < 4.78 is 6.20. The lowest BCUT2D eigenvalue weighted by Crippen LogP contribution is -2.19. The van der Waals surface area contributed by atoms with Gasteiger partial charge in [0.2, 0.25) is 11.9 Å². The van der Waals surface area contributed by atoms with E-state index < -0.39 is 5.76 Å². The molecule has 29 heavy (non-hydrogen) atoms. The number of nitrogens with zero attached hydrogens (tertiary/aromatic N) is 5. The summed E-state index contributed by atoms with van der Waals surface area (Å²) in [6.07, 6.45) is 0.854. The first-order chi connectivity index (χ1) is 14.1. The fourth-order valence-electron chi connectivity index (χ4n) is 2.98. The molecule has 0 aliphatic rings. The summed E-state index contributed by atoms with van der Waals surface area (Å²) in [6, 6.07) is 17.1. The normalized spacial score (nSPS) is 10.8. The zero-order chi connectivity index (χ0) is 20.2. The number of nitrogen functional groups attached to an aromatic ring is 1. The lowest BCUT2D eigenvalue weighted by Gasteiger charge is -2.11. The Bertz CT molecular complexity index is 1180. The predicted octanol–water partition coefficient (Wildman–Crippen LogP) is 2.62. The van der Waals surface area contributed by atoms with Crippen LogP contribution < -0.4 is 16.8 Å². The number of hydrogen-bond acceptors (Lipinski definition) is 8. The average molecular weight is 389 g/mol. The molecule has 4 aromatic rings. The molecule has 9 nitrogen and oxygen atoms in total. The third-order valence-corrected chi connectivity index (χ3v) is 4.36. The van der Waals surface area contributed by atoms with Crippen molar-refractivity contribution in [1.29, 1.82) is 0 Å². The molecule has 0 saturated carbocycles. The van der Waals surface area contributed by atoms with Crippen molar-refractivity contribution in [2.45, 2.75) is 19.9 Å². The fourth-order valence-corrected chi connectivity index (χ4v) is 2.98. The van der Waals surface area contributed by atoms with Gasteiger partial charge in [-0.1, -0.05) is 60.6 Å². The Morgan fingerprint density at radius 2 is 1.79 bits per heavy atom. The van der Waals surface area contributed by atoms with E-state index in [0.717, 1.165) is 23.2 Å². The standard InChI is InChI=1S/C20H19N7O2/c1-2-13-8-6-7-11-15(13)22-19-24-16(23-18(21)25-19)12-27-17(26-29-20(27)28)14-9-4-3-5-10-14/h3-11H,2,12H2,1H3,(H3,21,22,23,24,25). The number of aromatic nitrogens is 5. The molecule has 0 aliphatic carbocycles. The minimum absolute atomic E-state index is 0.0450. The van der Waals surface area contributed by atoms with Gasteiger partial charge in [0, 0.05) is 11.3 Å². The number of nitrogens with two attached hydrogens (primary N) is 1. The summed E-state index contributed by atoms with van der Waals surface area (Å²) in [7, 11) is 0. The minimum atomic E-state index is -0.603. The summed E-state index contributed by atoms with van der Waals surface area (Å²) in [5.41, 5.74) is 8.62. The van der Waals surface area contributed by atoms with Crippen molar-refractivity contribution in [3.05, 3.63) is 76.5 Å². The van der Waals surface area contributed by atoms with Gasteiger partial charge in [0.1, 0.15) is 0 Å². The first kappa shape index (κ1) is 18.4. The SMILES string of the molecule is CCc1ccccc1Nc1nc(N)nc(Cn2c(-c3ccccc3)noc2=O)n1. The molecule has 9 heteroatoms. The van der Waals surface area contributed by atoms with E-state index in [9.17, 15) is 4.79 Å². The van der Waals surface area contributed by atoms with Gasteiger partial charge in [-0.15, -0.1) is 0 Å². The lowest BCUT2D eigenvalue weighted by atomic mass is 10.1. The van der Waals surface area contributed by atoms with E-state index >= 15 is 0 Å². The third-order valence-electron chi connectivity index (χ3n) is 4.36. The van der Waals surface area contributed by atoms with Gasteiger partial charge in [0.15, 0.2) is 11.6 Å². The summed E-state index contributed by atoms with van der Waals surface area (Å²) >= 11 is 0. The van der Waals surface area contributed by atoms with Gasteiger partial charge in [0.25, 0.3) is 0 Å². The molecule has 4 rings (SSSR count). The van der Waals surface area contributed by atoms with Crippen molar-refractivity contribution < 1.29 is 4.52 Å². The van der Waals surface area contributed by atoms with Crippen LogP contribution >= 0.6 is 0 Å². The number of hydrogen-bond donors (Lipinski definition) is 2. The summed E-state index contributed by atoms with van der Waals surface area (Å²) in [5, 5.41) is 7.05. The van der Waals surface area contributed by atoms with Crippen LogP contribution in [0.1, 0.15) is 18.3 Å². The molecule has 0 aliphatic heterocycles. The van der Waals surface area contributed by atoms with Gasteiger partial charge in [-0.25, -0.2) is 9.36 Å². The van der Waals surface area contributed by atoms with E-state index in [4.69, 9.17) is 10.3 Å². The van der Waals surface area contributed by atoms with Crippen LogP contribution in [0.15, 0.2) is 63.9 Å². The Balaban J connectivity index is 1.66. The smallest absolute Gasteiger partial charge is 0.368 e. The molecule has 2 aromatic heterocycles. The van der Waals surface area contributed by atoms with E-state index in [1.807, 2.05) is 54.6 Å². The molecule has 0 fully saturated rings. The van der Waals surface area contributed by atoms with Gasteiger partial charge >= 0.3 is 5.76 Å². The topological polar surface area (TPSA) is 125 Å². The van der Waals surface area contributed by atoms with Crippen LogP contribution in [0, 0.1) is 0 Å². The number of benzene rings is 2. The Morgan fingerprint density at radius 3 is 2.59 bits per heavy atom. The third kappa shape index (κ3) is 3.98. The Kier molecular flexibility index (Phi) is 5.02. The maximum absolute atomic E-state index is 12.2. The molecule has 0 atom stereocenters. The van der Waals surface area contributed by atoms with Crippen molar-refractivity contribution in [3.63, 3.8) is 0 Å². The molecule has 0 saturated heterocycles. The number of nitrogens with one attached hydrogen (secondary N) is 1. The molecule has 146 valence electrons. The summed E-state index contributed by atoms with van der Waals surface area (Å²) in [6.45, 7) is 2.11. The van der Waals surface area contributed by atoms with Gasteiger partial charge in [-0.3, -0.25) is 4.52 Å². The van der Waals surface area contributed by atoms with E-state index in [1.165, 1.54) is 4.57 Å². The number of para-hydroxylation sites is 1. The summed E-state index contributed by atoms with van der Waals surface area (Å²) in [4.78, 5) is 24.9. The molecular formula is C20H19N7O2. The van der Waals surface area contributed by atoms with Crippen molar-refractivity contribution in [1.82, 2.24) is 24.7 Å². The molecule has 2 aromatic carbocycles. The van der Waals surface area contributed by atoms with Gasteiger partial charge in [-0.05, 0) is 18.1 Å². The molecule has 0 unspecified atom stereocenters. The minimum Gasteiger partial charge on any atom is -0.368 e. The van der Waals surface area contributed by atoms with Gasteiger partial charge in [0.05, 0.1) is 6.54 Å². The molecule has 3 N–H and O–H groups in total. The van der Waals surface area contributed by atoms with Crippen LogP contribution in [0.25, 0.3) is 11.4 Å². The fraction of sp³-hybridized carbons (Fsp3) is 0.150. The quantitative estimate of drug-likeness (QED) is 0.515. The predicted molar refractivity (Wildman–Crippen MR) is 109 cm³/mol. The second-order valence-corrected chi connectivity index (χ2v) is 6.29. The maximum Gasteiger partial charge on any atom is 0.442 e. The van der Waals surface area contributed by atoms with E-state index in [-0.39, 0.29) is 12.5 Å². The Labute approximate surface area is 166 Å². The highest BCUT2D eigenvalue weighted by Gasteiger charge is 2.15. The highest BCUT2D eigenvalue weighted by atomic mass is 16.5. The second kappa shape index (κ2) is 7.93. The zero-order valence-electron chi connectivity index (χ0n) is 15.7. The van der Waals surface area contributed by atoms with Crippen LogP contribution in [-0.4, -0.2) is 24.7 Å². The largest absolute Gasteiger partial charge is 0.442 e. The average Bonchev–Trinajstić information content (AvgIpc) is 3.09. The van der Waals surface area contributed by atoms with Crippen LogP contribution in [0.4, 0.5) is 17.6 Å². The van der Waals surface area contributed by atoms with E-state index in [1.54, 1.807) is 0 Å². The van der Waals surface area contributed by atoms with Crippen LogP contribution in [0.3, 0.4) is 0 Å². The van der Waals surface area contributed by atoms with Crippen molar-refractivity contribution in [3.8, 4) is 11.4 Å². The molecule has 0 radical (unpaired) electrons. The Hall–Kier alpha value is -4.01. The molecule has 2 heterocycles. The molecule has 0 bridgehead atoms. The monoisotopic (exact) mass is 389 g/mol. The zero-order valence-corrected chi connectivity index (χ0v) is 15.7. The van der Waals surface area contributed by atoms with Crippen molar-refractivity contribution >= 4 is 17.6 Å². The van der Waals surface area contributed by atoms with Crippen LogP contribution in [-0.2, 0) is 13.0 Å². The highest BCUT2D eigenvalue weighted by molar-refractivity contribution is 5.59. The first-order valence-electron chi connectivity index (χ1n) is 9.11. The van der Waals surface area contributed by atoms with Crippen LogP contribution in [0.5, 0.6) is 0 Å². The van der Waals surface area contributed by atoms with E-state index in [2.05, 4.69) is 32.3 Å². The van der Waals surface area contributed by atoms with E-state index in [0.29, 0.717) is 17.6 Å². The van der Waals surface area contributed by atoms with Gasteiger partial charge in [-0.2, -0.15) is 15.0 Å². The van der Waals surface area contributed by atoms with Crippen molar-refractivity contribution in [2.24, 2.45) is 0 Å². The summed E-state index contributed by atoms with van der Waals surface area (Å²) in [5.74, 6) is 0.460. The number of anilines is 3. The molecule has 0 spiro atoms. The van der Waals surface area contributed by atoms with Crippen LogP contribution in [0.2, 0.25) is 0 Å². The van der Waals surface area contributed by atoms with Crippen molar-refractivity contribution in [2.75, 3.05) is 11.1 Å². The second-order valence-electron chi connectivity index (χ2n) is 6.29. The molecule has 0 amide bonds. The lowest BCUT2D eigenvalue weighted by molar-refractivity contribution is 0.377. The number of rotatable bonds is 6. The first-order valence-corrected chi connectivity index (χ1v) is 9.11. The molecular weight excluding hydrogens is 370 g/mol. The Morgan fingerprint density at radius 1 is 1.03 bits per heavy atom. The van der Waals surface area contributed by atoms with Gasteiger partial charge < -0.3 is 11.1 Å². The maximum atomic E-state index is 12.2. The number of aryl methyl sites for hydroxylation is 1.